The molecule has 146 valence electrons. The lowest BCUT2D eigenvalue weighted by Gasteiger charge is -2.17. The van der Waals surface area contributed by atoms with E-state index in [1.165, 1.54) is 23.6 Å². The van der Waals surface area contributed by atoms with Crippen LogP contribution in [0.25, 0.3) is 0 Å². The van der Waals surface area contributed by atoms with Crippen molar-refractivity contribution in [1.29, 1.82) is 5.26 Å². The van der Waals surface area contributed by atoms with E-state index in [9.17, 15) is 14.9 Å². The molecule has 0 aromatic carbocycles. The SMILES string of the molecule is CCC(OC(=O)c1cccnc1Cl)C(=O)Nc1sc2c(c1C#N)CCC(C)C2. The minimum atomic E-state index is -0.992. The average molecular weight is 418 g/mol. The van der Waals surface area contributed by atoms with Crippen LogP contribution in [0.1, 0.15) is 53.1 Å². The van der Waals surface area contributed by atoms with Crippen molar-refractivity contribution in [2.75, 3.05) is 5.32 Å². The Labute approximate surface area is 172 Å². The third kappa shape index (κ3) is 4.18. The number of hydrogen-bond donors (Lipinski definition) is 1. The summed E-state index contributed by atoms with van der Waals surface area (Å²) in [5.41, 5.74) is 1.67. The van der Waals surface area contributed by atoms with Crippen molar-refractivity contribution in [2.24, 2.45) is 5.92 Å². The van der Waals surface area contributed by atoms with Gasteiger partial charge in [0.25, 0.3) is 5.91 Å². The molecule has 2 heterocycles. The Morgan fingerprint density at radius 3 is 3.00 bits per heavy atom. The summed E-state index contributed by atoms with van der Waals surface area (Å²) in [4.78, 5) is 30.0. The van der Waals surface area contributed by atoms with Crippen LogP contribution in [0.4, 0.5) is 5.00 Å². The summed E-state index contributed by atoms with van der Waals surface area (Å²) in [5, 5.41) is 12.9. The fraction of sp³-hybridized carbons (Fsp3) is 0.400. The summed E-state index contributed by atoms with van der Waals surface area (Å²) in [6, 6.07) is 5.28. The molecule has 3 rings (SSSR count). The molecule has 6 nitrogen and oxygen atoms in total. The third-order valence-electron chi connectivity index (χ3n) is 4.75. The molecule has 1 N–H and O–H groups in total. The van der Waals surface area contributed by atoms with Crippen molar-refractivity contribution in [3.8, 4) is 6.07 Å². The second kappa shape index (κ2) is 8.72. The molecular formula is C20H20ClN3O3S. The number of esters is 1. The minimum absolute atomic E-state index is 0.0228. The molecule has 2 atom stereocenters. The predicted molar refractivity (Wildman–Crippen MR) is 108 cm³/mol. The lowest BCUT2D eigenvalue weighted by molar-refractivity contribution is -0.124. The summed E-state index contributed by atoms with van der Waals surface area (Å²) in [6.45, 7) is 3.93. The monoisotopic (exact) mass is 417 g/mol. The van der Waals surface area contributed by atoms with Crippen LogP contribution in [-0.2, 0) is 22.4 Å². The van der Waals surface area contributed by atoms with Crippen molar-refractivity contribution in [3.05, 3.63) is 45.1 Å². The normalized spacial score (nSPS) is 16.6. The lowest BCUT2D eigenvalue weighted by Crippen LogP contribution is -2.32. The number of ether oxygens (including phenoxy) is 1. The van der Waals surface area contributed by atoms with Crippen LogP contribution < -0.4 is 5.32 Å². The van der Waals surface area contributed by atoms with Gasteiger partial charge >= 0.3 is 5.97 Å². The summed E-state index contributed by atoms with van der Waals surface area (Å²) in [6.07, 6.45) is 3.56. The van der Waals surface area contributed by atoms with Gasteiger partial charge < -0.3 is 10.1 Å². The van der Waals surface area contributed by atoms with E-state index in [2.05, 4.69) is 23.3 Å². The van der Waals surface area contributed by atoms with Gasteiger partial charge in [-0.2, -0.15) is 5.26 Å². The van der Waals surface area contributed by atoms with E-state index in [1.54, 1.807) is 13.0 Å². The third-order valence-corrected chi connectivity index (χ3v) is 6.22. The number of carbonyl (C=O) groups is 2. The molecule has 0 radical (unpaired) electrons. The zero-order valence-electron chi connectivity index (χ0n) is 15.6. The fourth-order valence-electron chi connectivity index (χ4n) is 3.20. The summed E-state index contributed by atoms with van der Waals surface area (Å²) in [5.74, 6) is -0.603. The fourth-order valence-corrected chi connectivity index (χ4v) is 4.76. The van der Waals surface area contributed by atoms with E-state index in [0.29, 0.717) is 22.9 Å². The summed E-state index contributed by atoms with van der Waals surface area (Å²) in [7, 11) is 0. The quantitative estimate of drug-likeness (QED) is 0.576. The second-order valence-corrected chi connectivity index (χ2v) is 8.26. The molecule has 0 aliphatic heterocycles. The maximum atomic E-state index is 12.7. The molecule has 8 heteroatoms. The molecule has 2 aromatic heterocycles. The molecule has 0 saturated heterocycles. The number of nitrogens with zero attached hydrogens (tertiary/aromatic N) is 2. The number of amides is 1. The smallest absolute Gasteiger partial charge is 0.342 e. The first-order chi connectivity index (χ1) is 13.4. The van der Waals surface area contributed by atoms with E-state index >= 15 is 0 Å². The van der Waals surface area contributed by atoms with Gasteiger partial charge in [0.2, 0.25) is 0 Å². The Morgan fingerprint density at radius 2 is 2.32 bits per heavy atom. The highest BCUT2D eigenvalue weighted by Crippen LogP contribution is 2.39. The standard InChI is InChI=1S/C20H20ClN3O3S/c1-3-15(27-20(26)13-5-4-8-23-17(13)21)18(25)24-19-14(10-22)12-7-6-11(2)9-16(12)28-19/h4-5,8,11,15H,3,6-7,9H2,1-2H3,(H,24,25). The van der Waals surface area contributed by atoms with Gasteiger partial charge in [-0.1, -0.05) is 25.4 Å². The summed E-state index contributed by atoms with van der Waals surface area (Å²) < 4.78 is 5.34. The van der Waals surface area contributed by atoms with Gasteiger partial charge in [0.05, 0.1) is 11.1 Å². The van der Waals surface area contributed by atoms with E-state index < -0.39 is 18.0 Å². The number of hydrogen-bond acceptors (Lipinski definition) is 6. The van der Waals surface area contributed by atoms with Gasteiger partial charge in [0.15, 0.2) is 6.10 Å². The molecule has 0 fully saturated rings. The van der Waals surface area contributed by atoms with E-state index in [0.717, 1.165) is 29.7 Å². The molecule has 28 heavy (non-hydrogen) atoms. The van der Waals surface area contributed by atoms with Crippen molar-refractivity contribution >= 4 is 39.8 Å². The molecule has 0 spiro atoms. The summed E-state index contributed by atoms with van der Waals surface area (Å²) >= 11 is 7.36. The van der Waals surface area contributed by atoms with Gasteiger partial charge in [0, 0.05) is 11.1 Å². The van der Waals surface area contributed by atoms with Gasteiger partial charge in [-0.15, -0.1) is 11.3 Å². The number of nitriles is 1. The van der Waals surface area contributed by atoms with Crippen LogP contribution in [0.5, 0.6) is 0 Å². The molecule has 2 unspecified atom stereocenters. The number of halogens is 1. The first kappa shape index (κ1) is 20.3. The van der Waals surface area contributed by atoms with Gasteiger partial charge in [0.1, 0.15) is 16.2 Å². The zero-order valence-corrected chi connectivity index (χ0v) is 17.2. The highest BCUT2D eigenvalue weighted by atomic mass is 35.5. The van der Waals surface area contributed by atoms with Crippen LogP contribution in [0.15, 0.2) is 18.3 Å². The molecular weight excluding hydrogens is 398 g/mol. The van der Waals surface area contributed by atoms with E-state index in [4.69, 9.17) is 16.3 Å². The first-order valence-electron chi connectivity index (χ1n) is 9.11. The highest BCUT2D eigenvalue weighted by molar-refractivity contribution is 7.16. The molecule has 1 aliphatic carbocycles. The number of fused-ring (bicyclic) bond motifs is 1. The number of nitrogens with one attached hydrogen (secondary N) is 1. The van der Waals surface area contributed by atoms with Crippen LogP contribution in [-0.4, -0.2) is 23.0 Å². The zero-order chi connectivity index (χ0) is 20.3. The molecule has 1 amide bonds. The predicted octanol–water partition coefficient (Wildman–Crippen LogP) is 4.37. The number of rotatable bonds is 5. The van der Waals surface area contributed by atoms with Crippen LogP contribution >= 0.6 is 22.9 Å². The van der Waals surface area contributed by atoms with Crippen LogP contribution in [0, 0.1) is 17.2 Å². The highest BCUT2D eigenvalue weighted by Gasteiger charge is 2.28. The van der Waals surface area contributed by atoms with Crippen molar-refractivity contribution in [1.82, 2.24) is 4.98 Å². The van der Waals surface area contributed by atoms with Gasteiger partial charge in [-0.05, 0) is 49.3 Å². The Balaban J connectivity index is 1.75. The molecule has 2 aromatic rings. The molecule has 1 aliphatic rings. The number of aromatic nitrogens is 1. The Morgan fingerprint density at radius 1 is 1.54 bits per heavy atom. The van der Waals surface area contributed by atoms with Crippen molar-refractivity contribution in [3.63, 3.8) is 0 Å². The first-order valence-corrected chi connectivity index (χ1v) is 10.3. The Bertz CT molecular complexity index is 951. The van der Waals surface area contributed by atoms with Gasteiger partial charge in [-0.3, -0.25) is 4.79 Å². The maximum absolute atomic E-state index is 12.7. The topological polar surface area (TPSA) is 92.1 Å². The number of pyridine rings is 1. The maximum Gasteiger partial charge on any atom is 0.342 e. The molecule has 0 saturated carbocycles. The van der Waals surface area contributed by atoms with E-state index in [-0.39, 0.29) is 10.7 Å². The van der Waals surface area contributed by atoms with Crippen molar-refractivity contribution in [2.45, 2.75) is 45.6 Å². The molecule has 0 bridgehead atoms. The minimum Gasteiger partial charge on any atom is -0.449 e. The Hall–Kier alpha value is -2.43. The van der Waals surface area contributed by atoms with Crippen LogP contribution in [0.3, 0.4) is 0 Å². The largest absolute Gasteiger partial charge is 0.449 e. The lowest BCUT2D eigenvalue weighted by atomic mass is 9.88. The van der Waals surface area contributed by atoms with Crippen molar-refractivity contribution < 1.29 is 14.3 Å². The van der Waals surface area contributed by atoms with Crippen LogP contribution in [0.2, 0.25) is 5.15 Å². The average Bonchev–Trinajstić information content (AvgIpc) is 3.01. The second-order valence-electron chi connectivity index (χ2n) is 6.80. The number of anilines is 1. The van der Waals surface area contributed by atoms with Gasteiger partial charge in [-0.25, -0.2) is 9.78 Å². The number of thiophene rings is 1. The Kier molecular flexibility index (Phi) is 6.32. The van der Waals surface area contributed by atoms with E-state index in [1.807, 2.05) is 0 Å². The number of carbonyl (C=O) groups excluding carboxylic acids is 2.